The van der Waals surface area contributed by atoms with Gasteiger partial charge in [-0.05, 0) is 38.5 Å². The number of carbonyl (C=O) groups excluding carboxylic acids is 1. The summed E-state index contributed by atoms with van der Waals surface area (Å²) in [6, 6.07) is 7.48. The molecular formula is C17H17ClN4O2. The molecule has 2 aliphatic heterocycles. The molecule has 6 nitrogen and oxygen atoms in total. The Kier molecular flexibility index (Phi) is 3.15. The number of carbonyl (C=O) groups is 1. The number of hydrogen-bond donors (Lipinski definition) is 3. The van der Waals surface area contributed by atoms with Gasteiger partial charge in [-0.15, -0.1) is 5.10 Å². The molecule has 1 aromatic heterocycles. The number of halogens is 1. The first kappa shape index (κ1) is 15.1. The number of amides is 1. The normalized spacial score (nSPS) is 21.3. The molecule has 0 saturated heterocycles. The van der Waals surface area contributed by atoms with Gasteiger partial charge in [0.1, 0.15) is 5.66 Å². The number of H-pyrrole nitrogens is 1. The summed E-state index contributed by atoms with van der Waals surface area (Å²) in [6.07, 6.45) is 0. The SMILES string of the molecule is Cc1[nH]nc2c1C(c1ccc(Cl)cc1)C1=C(NC(C)(C)NC1=O)O2. The zero-order chi connectivity index (χ0) is 17.1. The maximum atomic E-state index is 12.8. The Morgan fingerprint density at radius 3 is 2.62 bits per heavy atom. The van der Waals surface area contributed by atoms with Crippen LogP contribution in [0.25, 0.3) is 0 Å². The lowest BCUT2D eigenvalue weighted by molar-refractivity contribution is -0.120. The van der Waals surface area contributed by atoms with Gasteiger partial charge >= 0.3 is 0 Å². The molecule has 0 radical (unpaired) electrons. The molecule has 3 heterocycles. The average molecular weight is 345 g/mol. The molecule has 1 unspecified atom stereocenters. The lowest BCUT2D eigenvalue weighted by Gasteiger charge is -2.39. The van der Waals surface area contributed by atoms with E-state index < -0.39 is 5.66 Å². The summed E-state index contributed by atoms with van der Waals surface area (Å²) in [5, 5.41) is 14.0. The molecule has 4 rings (SSSR count). The van der Waals surface area contributed by atoms with E-state index in [1.165, 1.54) is 0 Å². The van der Waals surface area contributed by atoms with Gasteiger partial charge in [0, 0.05) is 16.3 Å². The fourth-order valence-electron chi connectivity index (χ4n) is 3.24. The fourth-order valence-corrected chi connectivity index (χ4v) is 3.37. The molecule has 124 valence electrons. The van der Waals surface area contributed by atoms with Gasteiger partial charge in [-0.3, -0.25) is 9.89 Å². The van der Waals surface area contributed by atoms with Crippen LogP contribution >= 0.6 is 11.6 Å². The maximum absolute atomic E-state index is 12.8. The van der Waals surface area contributed by atoms with Crippen molar-refractivity contribution in [2.75, 3.05) is 0 Å². The zero-order valence-electron chi connectivity index (χ0n) is 13.5. The van der Waals surface area contributed by atoms with Crippen molar-refractivity contribution in [1.82, 2.24) is 20.8 Å². The van der Waals surface area contributed by atoms with Crippen molar-refractivity contribution >= 4 is 17.5 Å². The van der Waals surface area contributed by atoms with Crippen molar-refractivity contribution < 1.29 is 9.53 Å². The van der Waals surface area contributed by atoms with Crippen molar-refractivity contribution in [2.24, 2.45) is 0 Å². The first-order valence-corrected chi connectivity index (χ1v) is 8.06. The molecule has 0 bridgehead atoms. The number of aromatic nitrogens is 2. The van der Waals surface area contributed by atoms with Crippen LogP contribution in [0.2, 0.25) is 5.02 Å². The summed E-state index contributed by atoms with van der Waals surface area (Å²) in [4.78, 5) is 12.8. The van der Waals surface area contributed by atoms with E-state index >= 15 is 0 Å². The van der Waals surface area contributed by atoms with Gasteiger partial charge in [-0.1, -0.05) is 23.7 Å². The van der Waals surface area contributed by atoms with Crippen molar-refractivity contribution in [3.8, 4) is 5.88 Å². The average Bonchev–Trinajstić information content (AvgIpc) is 2.86. The Bertz CT molecular complexity index is 867. The lowest BCUT2D eigenvalue weighted by atomic mass is 9.82. The van der Waals surface area contributed by atoms with Crippen LogP contribution < -0.4 is 15.4 Å². The van der Waals surface area contributed by atoms with Crippen molar-refractivity contribution in [3.05, 3.63) is 57.6 Å². The summed E-state index contributed by atoms with van der Waals surface area (Å²) < 4.78 is 5.88. The number of benzene rings is 1. The molecular weight excluding hydrogens is 328 g/mol. The highest BCUT2D eigenvalue weighted by Gasteiger charge is 2.43. The summed E-state index contributed by atoms with van der Waals surface area (Å²) in [7, 11) is 0. The topological polar surface area (TPSA) is 79.0 Å². The molecule has 0 fully saturated rings. The number of fused-ring (bicyclic) bond motifs is 1. The van der Waals surface area contributed by atoms with E-state index in [9.17, 15) is 4.79 Å². The molecule has 0 saturated carbocycles. The zero-order valence-corrected chi connectivity index (χ0v) is 14.3. The molecule has 2 aliphatic rings. The summed E-state index contributed by atoms with van der Waals surface area (Å²) in [5.74, 6) is 0.509. The Morgan fingerprint density at radius 1 is 1.21 bits per heavy atom. The number of nitrogens with one attached hydrogen (secondary N) is 3. The van der Waals surface area contributed by atoms with Crippen LogP contribution in [-0.2, 0) is 4.79 Å². The standard InChI is InChI=1S/C17H17ClN4O2/c1-8-11-12(9-4-6-10(18)7-5-9)13-14(23)19-17(2,3)20-15(13)24-16(11)22-21-8/h4-7,12,20H,1-3H3,(H,19,23)(H,21,22). The minimum atomic E-state index is -0.594. The smallest absolute Gasteiger partial charge is 0.255 e. The van der Waals surface area contributed by atoms with Crippen LogP contribution in [0.3, 0.4) is 0 Å². The monoisotopic (exact) mass is 344 g/mol. The van der Waals surface area contributed by atoms with E-state index in [1.54, 1.807) is 0 Å². The molecule has 2 aromatic rings. The van der Waals surface area contributed by atoms with E-state index in [-0.39, 0.29) is 11.8 Å². The van der Waals surface area contributed by atoms with Crippen LogP contribution in [0.15, 0.2) is 35.7 Å². The molecule has 3 N–H and O–H groups in total. The Labute approximate surface area is 144 Å². The first-order chi connectivity index (χ1) is 11.4. The van der Waals surface area contributed by atoms with Gasteiger partial charge in [0.15, 0.2) is 0 Å². The van der Waals surface area contributed by atoms with Crippen molar-refractivity contribution in [3.63, 3.8) is 0 Å². The summed E-state index contributed by atoms with van der Waals surface area (Å²) >= 11 is 6.02. The maximum Gasteiger partial charge on any atom is 0.255 e. The second-order valence-corrected chi connectivity index (χ2v) is 7.04. The minimum Gasteiger partial charge on any atom is -0.421 e. The molecule has 24 heavy (non-hydrogen) atoms. The Balaban J connectivity index is 1.93. The van der Waals surface area contributed by atoms with E-state index in [2.05, 4.69) is 20.8 Å². The Hall–Kier alpha value is -2.47. The van der Waals surface area contributed by atoms with E-state index in [0.29, 0.717) is 22.4 Å². The molecule has 7 heteroatoms. The third kappa shape index (κ3) is 2.26. The lowest BCUT2D eigenvalue weighted by Crippen LogP contribution is -2.60. The van der Waals surface area contributed by atoms with Crippen molar-refractivity contribution in [1.29, 1.82) is 0 Å². The second-order valence-electron chi connectivity index (χ2n) is 6.60. The highest BCUT2D eigenvalue weighted by Crippen LogP contribution is 2.44. The Morgan fingerprint density at radius 2 is 1.92 bits per heavy atom. The van der Waals surface area contributed by atoms with Gasteiger partial charge in [0.2, 0.25) is 11.8 Å². The number of rotatable bonds is 1. The summed E-state index contributed by atoms with van der Waals surface area (Å²) in [6.45, 7) is 5.67. The van der Waals surface area contributed by atoms with Crippen LogP contribution in [-0.4, -0.2) is 21.8 Å². The highest BCUT2D eigenvalue weighted by molar-refractivity contribution is 6.30. The third-order valence-electron chi connectivity index (χ3n) is 4.28. The number of ether oxygens (including phenoxy) is 1. The predicted molar refractivity (Wildman–Crippen MR) is 89.6 cm³/mol. The minimum absolute atomic E-state index is 0.153. The quantitative estimate of drug-likeness (QED) is 0.743. The van der Waals surface area contributed by atoms with Gasteiger partial charge in [-0.2, -0.15) is 0 Å². The van der Waals surface area contributed by atoms with Crippen LogP contribution in [0.5, 0.6) is 5.88 Å². The molecule has 1 atom stereocenters. The molecule has 1 aromatic carbocycles. The summed E-state index contributed by atoms with van der Waals surface area (Å²) in [5.41, 5.74) is 2.65. The van der Waals surface area contributed by atoms with Gasteiger partial charge < -0.3 is 15.4 Å². The molecule has 1 amide bonds. The van der Waals surface area contributed by atoms with Gasteiger partial charge in [0.05, 0.1) is 11.5 Å². The number of hydrogen-bond acceptors (Lipinski definition) is 4. The van der Waals surface area contributed by atoms with E-state index in [0.717, 1.165) is 16.8 Å². The van der Waals surface area contributed by atoms with Crippen LogP contribution in [0, 0.1) is 6.92 Å². The highest BCUT2D eigenvalue weighted by atomic mass is 35.5. The van der Waals surface area contributed by atoms with E-state index in [1.807, 2.05) is 45.0 Å². The number of aromatic amines is 1. The van der Waals surface area contributed by atoms with Crippen LogP contribution in [0.4, 0.5) is 0 Å². The molecule has 0 aliphatic carbocycles. The second kappa shape index (κ2) is 5.01. The van der Waals surface area contributed by atoms with E-state index in [4.69, 9.17) is 16.3 Å². The molecule has 0 spiro atoms. The van der Waals surface area contributed by atoms with Crippen molar-refractivity contribution in [2.45, 2.75) is 32.4 Å². The number of nitrogens with zero attached hydrogens (tertiary/aromatic N) is 1. The largest absolute Gasteiger partial charge is 0.421 e. The first-order valence-electron chi connectivity index (χ1n) is 7.69. The predicted octanol–water partition coefficient (Wildman–Crippen LogP) is 2.56. The fraction of sp³-hybridized carbons (Fsp3) is 0.294. The van der Waals surface area contributed by atoms with Gasteiger partial charge in [0.25, 0.3) is 5.91 Å². The van der Waals surface area contributed by atoms with Crippen LogP contribution in [0.1, 0.15) is 36.6 Å². The third-order valence-corrected chi connectivity index (χ3v) is 4.53. The van der Waals surface area contributed by atoms with Gasteiger partial charge in [-0.25, -0.2) is 0 Å². The number of aryl methyl sites for hydroxylation is 1.